The van der Waals surface area contributed by atoms with Crippen molar-refractivity contribution in [2.75, 3.05) is 55.2 Å². The fourth-order valence-corrected chi connectivity index (χ4v) is 6.86. The second-order valence-corrected chi connectivity index (χ2v) is 13.5. The summed E-state index contributed by atoms with van der Waals surface area (Å²) in [5, 5.41) is 9.74. The summed E-state index contributed by atoms with van der Waals surface area (Å²) in [5.41, 5.74) is 28.8. The van der Waals surface area contributed by atoms with E-state index in [4.69, 9.17) is 17.2 Å². The molecule has 5 nitrogen and oxygen atoms in total. The Balaban J connectivity index is 0.000000159. The minimum absolute atomic E-state index is 0.777. The van der Waals surface area contributed by atoms with Crippen molar-refractivity contribution < 1.29 is 0 Å². The minimum atomic E-state index is 0.777. The molecule has 0 atom stereocenters. The van der Waals surface area contributed by atoms with Crippen LogP contribution >= 0.6 is 0 Å². The number of anilines is 5. The zero-order valence-corrected chi connectivity index (χ0v) is 29.3. The third-order valence-corrected chi connectivity index (χ3v) is 9.60. The van der Waals surface area contributed by atoms with E-state index in [2.05, 4.69) is 160 Å². The van der Waals surface area contributed by atoms with Crippen LogP contribution in [0.3, 0.4) is 0 Å². The van der Waals surface area contributed by atoms with Gasteiger partial charge in [-0.25, -0.2) is 0 Å². The summed E-state index contributed by atoms with van der Waals surface area (Å²) in [6.45, 7) is 2.05. The zero-order valence-electron chi connectivity index (χ0n) is 29.3. The number of aryl methyl sites for hydroxylation is 1. The molecule has 0 aliphatic carbocycles. The van der Waals surface area contributed by atoms with Crippen molar-refractivity contribution in [2.45, 2.75) is 6.92 Å². The first kappa shape index (κ1) is 32.4. The number of benzene rings is 8. The monoisotopic (exact) mass is 653 g/mol. The molecule has 0 saturated carbocycles. The highest BCUT2D eigenvalue weighted by Crippen LogP contribution is 2.40. The first-order valence-electron chi connectivity index (χ1n) is 16.9. The largest absolute Gasteiger partial charge is 0.399 e. The Morgan fingerprint density at radius 3 is 1.58 bits per heavy atom. The van der Waals surface area contributed by atoms with E-state index in [0.717, 1.165) is 22.6 Å². The number of nitrogens with two attached hydrogens (primary N) is 3. The van der Waals surface area contributed by atoms with Crippen LogP contribution < -0.4 is 27.0 Å². The fourth-order valence-electron chi connectivity index (χ4n) is 6.86. The number of fused-ring (bicyclic) bond motifs is 4. The molecule has 0 aliphatic rings. The molecule has 50 heavy (non-hydrogen) atoms. The van der Waals surface area contributed by atoms with Gasteiger partial charge in [-0.2, -0.15) is 0 Å². The molecule has 0 amide bonds. The highest BCUT2D eigenvalue weighted by atomic mass is 15.1. The number of nitrogen functional groups attached to an aromatic ring is 3. The minimum Gasteiger partial charge on any atom is -0.399 e. The van der Waals surface area contributed by atoms with Crippen molar-refractivity contribution in [1.82, 2.24) is 0 Å². The summed E-state index contributed by atoms with van der Waals surface area (Å²) in [6, 6.07) is 46.9. The lowest BCUT2D eigenvalue weighted by Crippen LogP contribution is -2.08. The van der Waals surface area contributed by atoms with E-state index in [1.807, 2.05) is 18.2 Å². The van der Waals surface area contributed by atoms with Gasteiger partial charge in [0.05, 0.1) is 0 Å². The van der Waals surface area contributed by atoms with Crippen molar-refractivity contribution in [3.63, 3.8) is 0 Å². The molecule has 0 radical (unpaired) electrons. The van der Waals surface area contributed by atoms with E-state index in [0.29, 0.717) is 0 Å². The summed E-state index contributed by atoms with van der Waals surface area (Å²) >= 11 is 0. The SMILES string of the molecule is CN(C)c1ccc(-c2c3ccc(N)cc3cc3cc(N(C)C)ccc23)cc1.Cc1cc2c(-c3ccc(N)cc3)c3ccccc3cc2cc1N. The summed E-state index contributed by atoms with van der Waals surface area (Å²) in [5.74, 6) is 0. The van der Waals surface area contributed by atoms with Gasteiger partial charge in [0.1, 0.15) is 0 Å². The van der Waals surface area contributed by atoms with Gasteiger partial charge in [0.25, 0.3) is 0 Å². The molecule has 0 spiro atoms. The van der Waals surface area contributed by atoms with Crippen LogP contribution in [0.2, 0.25) is 0 Å². The van der Waals surface area contributed by atoms with E-state index < -0.39 is 0 Å². The van der Waals surface area contributed by atoms with E-state index >= 15 is 0 Å². The third-order valence-electron chi connectivity index (χ3n) is 9.60. The zero-order chi connectivity index (χ0) is 35.1. The van der Waals surface area contributed by atoms with Gasteiger partial charge in [0, 0.05) is 56.6 Å². The van der Waals surface area contributed by atoms with Crippen LogP contribution in [0.5, 0.6) is 0 Å². The van der Waals surface area contributed by atoms with Gasteiger partial charge in [-0.1, -0.05) is 60.7 Å². The van der Waals surface area contributed by atoms with Crippen LogP contribution in [0.25, 0.3) is 65.3 Å². The number of hydrogen-bond acceptors (Lipinski definition) is 5. The van der Waals surface area contributed by atoms with Gasteiger partial charge < -0.3 is 27.0 Å². The maximum Gasteiger partial charge on any atom is 0.0367 e. The molecule has 0 fully saturated rings. The summed E-state index contributed by atoms with van der Waals surface area (Å²) in [7, 11) is 8.27. The van der Waals surface area contributed by atoms with Gasteiger partial charge >= 0.3 is 0 Å². The van der Waals surface area contributed by atoms with E-state index in [-0.39, 0.29) is 0 Å². The molecule has 248 valence electrons. The first-order valence-corrected chi connectivity index (χ1v) is 16.9. The Kier molecular flexibility index (Phi) is 8.42. The van der Waals surface area contributed by atoms with Gasteiger partial charge in [-0.3, -0.25) is 0 Å². The predicted octanol–water partition coefficient (Wildman–Crippen LogP) is 10.5. The molecule has 0 saturated heterocycles. The lowest BCUT2D eigenvalue weighted by Gasteiger charge is -2.17. The van der Waals surface area contributed by atoms with Crippen molar-refractivity contribution in [1.29, 1.82) is 0 Å². The second kappa shape index (κ2) is 13.0. The van der Waals surface area contributed by atoms with Gasteiger partial charge in [-0.05, 0) is 151 Å². The number of rotatable bonds is 4. The molecule has 8 rings (SSSR count). The average Bonchev–Trinajstić information content (AvgIpc) is 3.11. The molecular weight excluding hydrogens is 611 g/mol. The predicted molar refractivity (Wildman–Crippen MR) is 220 cm³/mol. The van der Waals surface area contributed by atoms with Gasteiger partial charge in [0.15, 0.2) is 0 Å². The van der Waals surface area contributed by atoms with E-state index in [1.54, 1.807) is 0 Å². The molecule has 0 heterocycles. The number of nitrogens with zero attached hydrogens (tertiary/aromatic N) is 2. The van der Waals surface area contributed by atoms with Crippen molar-refractivity contribution >= 4 is 71.5 Å². The van der Waals surface area contributed by atoms with Crippen LogP contribution in [0, 0.1) is 6.92 Å². The molecule has 8 aromatic rings. The highest BCUT2D eigenvalue weighted by Gasteiger charge is 2.13. The standard InChI is InChI=1S/C24H25N3.C21H18N2/c1-26(2)20-8-5-16(6-9-20)24-22-11-7-19(25)14-17(22)13-18-15-21(27(3)4)10-12-23(18)24;1-13-10-19-16(12-20(13)23)11-15-4-2-3-5-18(15)21(19)14-6-8-17(22)9-7-14/h5-15H,25H2,1-4H3;2-12H,22-23H2,1H3. The Bertz CT molecular complexity index is 2510. The molecule has 0 aliphatic heterocycles. The maximum absolute atomic E-state index is 6.12. The molecule has 6 N–H and O–H groups in total. The lowest BCUT2D eigenvalue weighted by molar-refractivity contribution is 1.13. The van der Waals surface area contributed by atoms with E-state index in [9.17, 15) is 0 Å². The molecule has 0 bridgehead atoms. The van der Waals surface area contributed by atoms with Gasteiger partial charge in [0.2, 0.25) is 0 Å². The van der Waals surface area contributed by atoms with Crippen LogP contribution in [0.4, 0.5) is 28.4 Å². The quantitative estimate of drug-likeness (QED) is 0.130. The first-order chi connectivity index (χ1) is 24.1. The Morgan fingerprint density at radius 2 is 0.900 bits per heavy atom. The van der Waals surface area contributed by atoms with Crippen LogP contribution in [0.1, 0.15) is 5.56 Å². The Labute approximate surface area is 294 Å². The Morgan fingerprint density at radius 1 is 0.400 bits per heavy atom. The molecule has 5 heteroatoms. The van der Waals surface area contributed by atoms with E-state index in [1.165, 1.54) is 76.7 Å². The molecule has 8 aromatic carbocycles. The smallest absolute Gasteiger partial charge is 0.0367 e. The topological polar surface area (TPSA) is 84.5 Å². The Hall–Kier alpha value is -6.20. The van der Waals surface area contributed by atoms with Crippen LogP contribution in [0.15, 0.2) is 133 Å². The molecular formula is C45H43N5. The fraction of sp³-hybridized carbons (Fsp3) is 0.111. The average molecular weight is 654 g/mol. The summed E-state index contributed by atoms with van der Waals surface area (Å²) < 4.78 is 0. The summed E-state index contributed by atoms with van der Waals surface area (Å²) in [4.78, 5) is 4.25. The molecule has 0 unspecified atom stereocenters. The van der Waals surface area contributed by atoms with Crippen molar-refractivity contribution in [2.24, 2.45) is 0 Å². The van der Waals surface area contributed by atoms with Gasteiger partial charge in [-0.15, -0.1) is 0 Å². The highest BCUT2D eigenvalue weighted by molar-refractivity contribution is 6.15. The number of hydrogen-bond donors (Lipinski definition) is 3. The van der Waals surface area contributed by atoms with Crippen molar-refractivity contribution in [3.8, 4) is 22.3 Å². The van der Waals surface area contributed by atoms with Crippen molar-refractivity contribution in [3.05, 3.63) is 139 Å². The van der Waals surface area contributed by atoms with Crippen LogP contribution in [-0.4, -0.2) is 28.2 Å². The lowest BCUT2D eigenvalue weighted by atomic mass is 9.91. The van der Waals surface area contributed by atoms with Crippen LogP contribution in [-0.2, 0) is 0 Å². The normalized spacial score (nSPS) is 11.1. The summed E-state index contributed by atoms with van der Waals surface area (Å²) in [6.07, 6.45) is 0. The third kappa shape index (κ3) is 6.10. The molecule has 0 aromatic heterocycles. The second-order valence-electron chi connectivity index (χ2n) is 13.5. The maximum atomic E-state index is 6.12.